The van der Waals surface area contributed by atoms with Gasteiger partial charge in [-0.25, -0.2) is 9.80 Å². The summed E-state index contributed by atoms with van der Waals surface area (Å²) < 4.78 is 38.2. The van der Waals surface area contributed by atoms with Gasteiger partial charge in [-0.2, -0.15) is 18.3 Å². The van der Waals surface area contributed by atoms with E-state index in [1.165, 1.54) is 17.1 Å². The Morgan fingerprint density at radius 3 is 2.35 bits per heavy atom. The standard InChI is InChI=1S/C21H18ClF3N4O2/c22-15-7-3-13(4-8-15)19-17(28-11-1-2-18(28)30)12-29(27-19)20(31)26-16-9-5-14(6-10-16)21(23,24)25/h3-10,17H,1-2,11-12H2,(H,26,31). The number of halogens is 4. The van der Waals surface area contributed by atoms with Crippen LogP contribution in [0, 0.1) is 0 Å². The van der Waals surface area contributed by atoms with E-state index in [-0.39, 0.29) is 18.1 Å². The Morgan fingerprint density at radius 1 is 1.10 bits per heavy atom. The van der Waals surface area contributed by atoms with E-state index >= 15 is 0 Å². The van der Waals surface area contributed by atoms with Crippen LogP contribution in [0.25, 0.3) is 0 Å². The van der Waals surface area contributed by atoms with E-state index in [2.05, 4.69) is 10.4 Å². The average Bonchev–Trinajstić information content (AvgIpc) is 3.34. The van der Waals surface area contributed by atoms with Gasteiger partial charge >= 0.3 is 12.2 Å². The Balaban J connectivity index is 1.55. The van der Waals surface area contributed by atoms with Gasteiger partial charge in [-0.3, -0.25) is 4.79 Å². The molecule has 2 aliphatic heterocycles. The molecule has 2 aromatic carbocycles. The van der Waals surface area contributed by atoms with Crippen molar-refractivity contribution in [3.63, 3.8) is 0 Å². The number of carbonyl (C=O) groups excluding carboxylic acids is 2. The highest BCUT2D eigenvalue weighted by Gasteiger charge is 2.39. The summed E-state index contributed by atoms with van der Waals surface area (Å²) in [5, 5.41) is 8.72. The third-order valence-electron chi connectivity index (χ3n) is 5.21. The zero-order valence-electron chi connectivity index (χ0n) is 16.2. The fourth-order valence-electron chi connectivity index (χ4n) is 3.66. The van der Waals surface area contributed by atoms with Crippen molar-refractivity contribution < 1.29 is 22.8 Å². The van der Waals surface area contributed by atoms with Gasteiger partial charge in [0, 0.05) is 29.2 Å². The van der Waals surface area contributed by atoms with Crippen LogP contribution in [0.5, 0.6) is 0 Å². The molecule has 1 unspecified atom stereocenters. The van der Waals surface area contributed by atoms with E-state index in [4.69, 9.17) is 11.6 Å². The number of likely N-dealkylation sites (tertiary alicyclic amines) is 1. The van der Waals surface area contributed by atoms with Gasteiger partial charge in [0.25, 0.3) is 0 Å². The molecule has 1 atom stereocenters. The highest BCUT2D eigenvalue weighted by atomic mass is 35.5. The molecule has 0 radical (unpaired) electrons. The normalized spacial score (nSPS) is 19.0. The summed E-state index contributed by atoms with van der Waals surface area (Å²) in [5.41, 5.74) is 0.706. The molecule has 0 saturated carbocycles. The monoisotopic (exact) mass is 450 g/mol. The Hall–Kier alpha value is -3.07. The highest BCUT2D eigenvalue weighted by molar-refractivity contribution is 6.30. The van der Waals surface area contributed by atoms with E-state index < -0.39 is 23.8 Å². The predicted octanol–water partition coefficient (Wildman–Crippen LogP) is 4.60. The topological polar surface area (TPSA) is 65.0 Å². The quantitative estimate of drug-likeness (QED) is 0.742. The van der Waals surface area contributed by atoms with Gasteiger partial charge in [-0.15, -0.1) is 0 Å². The van der Waals surface area contributed by atoms with E-state index in [0.29, 0.717) is 23.7 Å². The summed E-state index contributed by atoms with van der Waals surface area (Å²) in [6.45, 7) is 0.723. The molecule has 4 rings (SSSR count). The fraction of sp³-hybridized carbons (Fsp3) is 0.286. The number of alkyl halides is 3. The molecule has 1 N–H and O–H groups in total. The number of benzene rings is 2. The van der Waals surface area contributed by atoms with Crippen LogP contribution in [0.4, 0.5) is 23.7 Å². The van der Waals surface area contributed by atoms with Crippen molar-refractivity contribution in [1.82, 2.24) is 9.91 Å². The minimum atomic E-state index is -4.45. The lowest BCUT2D eigenvalue weighted by atomic mass is 10.0. The first-order valence-corrected chi connectivity index (χ1v) is 10.00. The lowest BCUT2D eigenvalue weighted by molar-refractivity contribution is -0.137. The molecule has 2 aromatic rings. The van der Waals surface area contributed by atoms with Crippen molar-refractivity contribution in [2.45, 2.75) is 25.1 Å². The molecule has 10 heteroatoms. The molecule has 1 saturated heterocycles. The maximum Gasteiger partial charge on any atom is 0.416 e. The lowest BCUT2D eigenvalue weighted by Crippen LogP contribution is -2.45. The van der Waals surface area contributed by atoms with E-state index in [1.807, 2.05) is 0 Å². The number of hydrogen-bond donors (Lipinski definition) is 1. The number of nitrogens with zero attached hydrogens (tertiary/aromatic N) is 3. The Morgan fingerprint density at radius 2 is 1.77 bits per heavy atom. The number of urea groups is 1. The van der Waals surface area contributed by atoms with Crippen LogP contribution in [0.2, 0.25) is 5.02 Å². The molecule has 0 bridgehead atoms. The van der Waals surface area contributed by atoms with Gasteiger partial charge in [0.1, 0.15) is 0 Å². The van der Waals surface area contributed by atoms with Crippen molar-refractivity contribution in [1.29, 1.82) is 0 Å². The molecule has 162 valence electrons. The summed E-state index contributed by atoms with van der Waals surface area (Å²) in [6, 6.07) is 10.1. The molecule has 0 spiro atoms. The molecule has 0 aliphatic carbocycles. The summed E-state index contributed by atoms with van der Waals surface area (Å²) in [5.74, 6) is -0.00309. The fourth-order valence-corrected chi connectivity index (χ4v) is 3.79. The molecule has 3 amide bonds. The minimum Gasteiger partial charge on any atom is -0.332 e. The number of carbonyl (C=O) groups is 2. The smallest absolute Gasteiger partial charge is 0.332 e. The first-order valence-electron chi connectivity index (χ1n) is 9.62. The largest absolute Gasteiger partial charge is 0.416 e. The van der Waals surface area contributed by atoms with Crippen LogP contribution in [0.15, 0.2) is 53.6 Å². The van der Waals surface area contributed by atoms with Crippen LogP contribution in [0.3, 0.4) is 0 Å². The molecule has 0 aromatic heterocycles. The van der Waals surface area contributed by atoms with Gasteiger partial charge < -0.3 is 10.2 Å². The van der Waals surface area contributed by atoms with E-state index in [9.17, 15) is 22.8 Å². The SMILES string of the molecule is O=C(Nc1ccc(C(F)(F)F)cc1)N1CC(N2CCCC2=O)C(c2ccc(Cl)cc2)=N1. The number of hydrazone groups is 1. The molecule has 2 heterocycles. The van der Waals surface area contributed by atoms with Gasteiger partial charge in [0.2, 0.25) is 5.91 Å². The van der Waals surface area contributed by atoms with Crippen LogP contribution in [0.1, 0.15) is 24.0 Å². The second-order valence-corrected chi connectivity index (χ2v) is 7.72. The Bertz CT molecular complexity index is 1020. The van der Waals surface area contributed by atoms with Gasteiger partial charge in [-0.1, -0.05) is 23.7 Å². The van der Waals surface area contributed by atoms with Crippen LogP contribution in [-0.4, -0.2) is 46.7 Å². The third-order valence-corrected chi connectivity index (χ3v) is 5.47. The van der Waals surface area contributed by atoms with Gasteiger partial charge in [-0.05, 0) is 42.8 Å². The maximum absolute atomic E-state index is 12.7. The Labute approximate surface area is 181 Å². The number of rotatable bonds is 3. The summed E-state index contributed by atoms with van der Waals surface area (Å²) >= 11 is 5.96. The van der Waals surface area contributed by atoms with E-state index in [1.54, 1.807) is 29.2 Å². The second-order valence-electron chi connectivity index (χ2n) is 7.29. The van der Waals surface area contributed by atoms with Crippen molar-refractivity contribution in [2.24, 2.45) is 5.10 Å². The highest BCUT2D eigenvalue weighted by Crippen LogP contribution is 2.30. The van der Waals surface area contributed by atoms with Crippen molar-refractivity contribution in [3.8, 4) is 0 Å². The van der Waals surface area contributed by atoms with Crippen molar-refractivity contribution in [3.05, 3.63) is 64.7 Å². The first-order chi connectivity index (χ1) is 14.7. The van der Waals surface area contributed by atoms with Crippen molar-refractivity contribution >= 4 is 34.9 Å². The van der Waals surface area contributed by atoms with Crippen LogP contribution in [-0.2, 0) is 11.0 Å². The summed E-state index contributed by atoms with van der Waals surface area (Å²) in [6.07, 6.45) is -3.27. The van der Waals surface area contributed by atoms with Crippen LogP contribution >= 0.6 is 11.6 Å². The molecule has 1 fully saturated rings. The van der Waals surface area contributed by atoms with Gasteiger partial charge in [0.05, 0.1) is 23.9 Å². The average molecular weight is 451 g/mol. The molecule has 2 aliphatic rings. The number of nitrogens with one attached hydrogen (secondary N) is 1. The van der Waals surface area contributed by atoms with Crippen LogP contribution < -0.4 is 5.32 Å². The molecular weight excluding hydrogens is 433 g/mol. The molecular formula is C21H18ClF3N4O2. The Kier molecular flexibility index (Phi) is 5.62. The zero-order valence-corrected chi connectivity index (χ0v) is 17.0. The molecule has 6 nitrogen and oxygen atoms in total. The van der Waals surface area contributed by atoms with Gasteiger partial charge in [0.15, 0.2) is 0 Å². The third kappa shape index (κ3) is 4.51. The lowest BCUT2D eigenvalue weighted by Gasteiger charge is -2.25. The van der Waals surface area contributed by atoms with E-state index in [0.717, 1.165) is 24.1 Å². The number of hydrogen-bond acceptors (Lipinski definition) is 3. The predicted molar refractivity (Wildman–Crippen MR) is 110 cm³/mol. The summed E-state index contributed by atoms with van der Waals surface area (Å²) in [4.78, 5) is 26.7. The molecule has 31 heavy (non-hydrogen) atoms. The summed E-state index contributed by atoms with van der Waals surface area (Å²) in [7, 11) is 0. The number of anilines is 1. The second kappa shape index (κ2) is 8.22. The first kappa shape index (κ1) is 21.2. The zero-order chi connectivity index (χ0) is 22.2. The minimum absolute atomic E-state index is 0.00309. The van der Waals surface area contributed by atoms with Crippen molar-refractivity contribution in [2.75, 3.05) is 18.4 Å². The number of amides is 3. The maximum atomic E-state index is 12.7.